The minimum Gasteiger partial charge on any atom is -0.507 e. The second-order valence-electron chi connectivity index (χ2n) is 3.36. The number of benzene rings is 1. The fourth-order valence-electron chi connectivity index (χ4n) is 1.40. The zero-order valence-electron chi connectivity index (χ0n) is 9.80. The van der Waals surface area contributed by atoms with Gasteiger partial charge in [-0.3, -0.25) is 4.79 Å². The predicted molar refractivity (Wildman–Crippen MR) is 61.8 cm³/mol. The highest BCUT2D eigenvalue weighted by Crippen LogP contribution is 2.24. The van der Waals surface area contributed by atoms with Crippen molar-refractivity contribution in [3.63, 3.8) is 0 Å². The summed E-state index contributed by atoms with van der Waals surface area (Å²) in [4.78, 5) is 13.4. The van der Waals surface area contributed by atoms with Crippen molar-refractivity contribution in [2.24, 2.45) is 0 Å². The molecular weight excluding hydrogens is 220 g/mol. The molecule has 0 unspecified atom stereocenters. The van der Waals surface area contributed by atoms with Gasteiger partial charge in [0, 0.05) is 6.54 Å². The topological polar surface area (TPSA) is 73.6 Å². The third-order valence-corrected chi connectivity index (χ3v) is 2.36. The number of carbonyl (C=O) groups excluding carboxylic acids is 1. The van der Waals surface area contributed by atoms with Crippen LogP contribution in [-0.4, -0.2) is 36.1 Å². The molecule has 0 fully saturated rings. The molecule has 1 N–H and O–H groups in total. The van der Waals surface area contributed by atoms with Crippen LogP contribution in [-0.2, 0) is 0 Å². The van der Waals surface area contributed by atoms with Crippen LogP contribution in [0.15, 0.2) is 18.2 Å². The van der Waals surface area contributed by atoms with Gasteiger partial charge in [0.25, 0.3) is 5.91 Å². The van der Waals surface area contributed by atoms with Gasteiger partial charge in [0.1, 0.15) is 18.0 Å². The minimum absolute atomic E-state index is 0.00795. The van der Waals surface area contributed by atoms with Gasteiger partial charge in [0.2, 0.25) is 0 Å². The van der Waals surface area contributed by atoms with E-state index in [1.807, 2.05) is 6.07 Å². The number of nitrogens with zero attached hydrogens (tertiary/aromatic N) is 2. The van der Waals surface area contributed by atoms with Crippen molar-refractivity contribution in [1.82, 2.24) is 4.90 Å². The van der Waals surface area contributed by atoms with Crippen LogP contribution in [0.3, 0.4) is 0 Å². The molecule has 17 heavy (non-hydrogen) atoms. The Hall–Kier alpha value is -2.22. The zero-order chi connectivity index (χ0) is 12.8. The van der Waals surface area contributed by atoms with Crippen LogP contribution in [0.2, 0.25) is 0 Å². The molecule has 0 aromatic heterocycles. The summed E-state index contributed by atoms with van der Waals surface area (Å²) >= 11 is 0. The fourth-order valence-corrected chi connectivity index (χ4v) is 1.40. The molecule has 0 saturated heterocycles. The number of phenols is 1. The highest BCUT2D eigenvalue weighted by molar-refractivity contribution is 5.97. The van der Waals surface area contributed by atoms with E-state index in [4.69, 9.17) is 10.00 Å². The van der Waals surface area contributed by atoms with Crippen molar-refractivity contribution in [2.45, 2.75) is 6.92 Å². The summed E-state index contributed by atoms with van der Waals surface area (Å²) in [6.45, 7) is 2.17. The van der Waals surface area contributed by atoms with Crippen LogP contribution in [0, 0.1) is 11.3 Å². The van der Waals surface area contributed by atoms with Crippen molar-refractivity contribution < 1.29 is 14.6 Å². The van der Waals surface area contributed by atoms with E-state index >= 15 is 0 Å². The van der Waals surface area contributed by atoms with Gasteiger partial charge in [0.05, 0.1) is 18.7 Å². The SMILES string of the molecule is CCN(CC#N)C(=O)c1cc(OC)ccc1O. The smallest absolute Gasteiger partial charge is 0.258 e. The van der Waals surface area contributed by atoms with Gasteiger partial charge in [-0.2, -0.15) is 5.26 Å². The Balaban J connectivity index is 3.06. The molecule has 0 heterocycles. The number of nitriles is 1. The number of hydrogen-bond acceptors (Lipinski definition) is 4. The van der Waals surface area contributed by atoms with Gasteiger partial charge in [-0.05, 0) is 25.1 Å². The van der Waals surface area contributed by atoms with E-state index < -0.39 is 0 Å². The number of phenolic OH excluding ortho intramolecular Hbond substituents is 1. The first-order chi connectivity index (χ1) is 8.13. The molecule has 1 aromatic carbocycles. The third-order valence-electron chi connectivity index (χ3n) is 2.36. The number of methoxy groups -OCH3 is 1. The first-order valence-electron chi connectivity index (χ1n) is 5.17. The zero-order valence-corrected chi connectivity index (χ0v) is 9.80. The van der Waals surface area contributed by atoms with Crippen LogP contribution in [0.1, 0.15) is 17.3 Å². The summed E-state index contributed by atoms with van der Waals surface area (Å²) in [7, 11) is 1.48. The lowest BCUT2D eigenvalue weighted by Crippen LogP contribution is -2.31. The molecule has 1 amide bonds. The van der Waals surface area contributed by atoms with Gasteiger partial charge in [-0.25, -0.2) is 0 Å². The first kappa shape index (κ1) is 12.8. The van der Waals surface area contributed by atoms with Crippen LogP contribution in [0.4, 0.5) is 0 Å². The molecule has 0 aliphatic carbocycles. The standard InChI is InChI=1S/C12H14N2O3/c1-3-14(7-6-13)12(16)10-8-9(17-2)4-5-11(10)15/h4-5,8,15H,3,7H2,1-2H3. The number of amides is 1. The molecule has 0 atom stereocenters. The van der Waals surface area contributed by atoms with Crippen molar-refractivity contribution in [2.75, 3.05) is 20.2 Å². The Kier molecular flexibility index (Phi) is 4.35. The molecule has 0 aliphatic heterocycles. The van der Waals surface area contributed by atoms with E-state index in [9.17, 15) is 9.90 Å². The molecule has 1 aromatic rings. The lowest BCUT2D eigenvalue weighted by Gasteiger charge is -2.18. The molecule has 0 spiro atoms. The fraction of sp³-hybridized carbons (Fsp3) is 0.333. The highest BCUT2D eigenvalue weighted by Gasteiger charge is 2.18. The minimum atomic E-state index is -0.384. The number of hydrogen-bond donors (Lipinski definition) is 1. The van der Waals surface area contributed by atoms with E-state index in [1.165, 1.54) is 24.1 Å². The summed E-state index contributed by atoms with van der Waals surface area (Å²) in [5.74, 6) is -0.0169. The Morgan fingerprint density at radius 1 is 1.59 bits per heavy atom. The monoisotopic (exact) mass is 234 g/mol. The normalized spacial score (nSPS) is 9.47. The molecular formula is C12H14N2O3. The van der Waals surface area contributed by atoms with E-state index in [-0.39, 0.29) is 23.8 Å². The molecule has 0 saturated carbocycles. The molecule has 1 rings (SSSR count). The van der Waals surface area contributed by atoms with Crippen molar-refractivity contribution in [3.8, 4) is 17.6 Å². The summed E-state index contributed by atoms with van der Waals surface area (Å²) in [5.41, 5.74) is 0.140. The van der Waals surface area contributed by atoms with E-state index in [2.05, 4.69) is 0 Å². The van der Waals surface area contributed by atoms with Crippen LogP contribution in [0.25, 0.3) is 0 Å². The Morgan fingerprint density at radius 2 is 2.29 bits per heavy atom. The molecule has 5 nitrogen and oxygen atoms in total. The van der Waals surface area contributed by atoms with Gasteiger partial charge in [0.15, 0.2) is 0 Å². The van der Waals surface area contributed by atoms with Crippen molar-refractivity contribution >= 4 is 5.91 Å². The van der Waals surface area contributed by atoms with E-state index in [0.29, 0.717) is 12.3 Å². The number of aromatic hydroxyl groups is 1. The second kappa shape index (κ2) is 5.75. The second-order valence-corrected chi connectivity index (χ2v) is 3.36. The molecule has 5 heteroatoms. The summed E-state index contributed by atoms with van der Waals surface area (Å²) in [6.07, 6.45) is 0. The molecule has 0 radical (unpaired) electrons. The third kappa shape index (κ3) is 2.88. The van der Waals surface area contributed by atoms with E-state index in [1.54, 1.807) is 13.0 Å². The lowest BCUT2D eigenvalue weighted by molar-refractivity contribution is 0.0781. The van der Waals surface area contributed by atoms with Gasteiger partial charge in [-0.1, -0.05) is 0 Å². The number of ether oxygens (including phenoxy) is 1. The van der Waals surface area contributed by atoms with Crippen molar-refractivity contribution in [1.29, 1.82) is 5.26 Å². The number of carbonyl (C=O) groups is 1. The van der Waals surface area contributed by atoms with Gasteiger partial charge in [-0.15, -0.1) is 0 Å². The van der Waals surface area contributed by atoms with Crippen LogP contribution in [0.5, 0.6) is 11.5 Å². The maximum Gasteiger partial charge on any atom is 0.258 e. The van der Waals surface area contributed by atoms with Gasteiger partial charge >= 0.3 is 0 Å². The Morgan fingerprint density at radius 3 is 2.82 bits per heavy atom. The maximum atomic E-state index is 12.0. The highest BCUT2D eigenvalue weighted by atomic mass is 16.5. The average Bonchev–Trinajstić information content (AvgIpc) is 2.35. The Labute approximate surface area is 99.8 Å². The quantitative estimate of drug-likeness (QED) is 0.799. The maximum absolute atomic E-state index is 12.0. The molecule has 0 bridgehead atoms. The average molecular weight is 234 g/mol. The number of rotatable bonds is 4. The van der Waals surface area contributed by atoms with Crippen LogP contribution >= 0.6 is 0 Å². The lowest BCUT2D eigenvalue weighted by atomic mass is 10.1. The van der Waals surface area contributed by atoms with Gasteiger partial charge < -0.3 is 14.7 Å². The predicted octanol–water partition coefficient (Wildman–Crippen LogP) is 1.39. The van der Waals surface area contributed by atoms with Crippen LogP contribution < -0.4 is 4.74 Å². The first-order valence-corrected chi connectivity index (χ1v) is 5.17. The summed E-state index contributed by atoms with van der Waals surface area (Å²) in [6, 6.07) is 6.32. The summed E-state index contributed by atoms with van der Waals surface area (Å²) in [5, 5.41) is 18.2. The van der Waals surface area contributed by atoms with Crippen molar-refractivity contribution in [3.05, 3.63) is 23.8 Å². The summed E-state index contributed by atoms with van der Waals surface area (Å²) < 4.78 is 4.99. The largest absolute Gasteiger partial charge is 0.507 e. The Bertz CT molecular complexity index is 452. The molecule has 0 aliphatic rings. The molecule has 90 valence electrons. The van der Waals surface area contributed by atoms with E-state index in [0.717, 1.165) is 0 Å².